The van der Waals surface area contributed by atoms with Gasteiger partial charge in [-0.2, -0.15) is 0 Å². The lowest BCUT2D eigenvalue weighted by molar-refractivity contribution is -0.182. The van der Waals surface area contributed by atoms with E-state index in [9.17, 15) is 4.79 Å². The highest BCUT2D eigenvalue weighted by molar-refractivity contribution is 5.78. The van der Waals surface area contributed by atoms with Gasteiger partial charge < -0.3 is 19.7 Å². The Bertz CT molecular complexity index is 284. The number of esters is 1. The molecule has 0 bridgehead atoms. The van der Waals surface area contributed by atoms with Crippen LogP contribution in [0.4, 0.5) is 0 Å². The Kier molecular flexibility index (Phi) is 4.59. The van der Waals surface area contributed by atoms with Crippen LogP contribution in [0.15, 0.2) is 0 Å². The van der Waals surface area contributed by atoms with Crippen molar-refractivity contribution in [1.82, 2.24) is 10.2 Å². The molecular weight excluding hydrogens is 232 g/mol. The van der Waals surface area contributed by atoms with Crippen LogP contribution in [0, 0.1) is 11.3 Å². The van der Waals surface area contributed by atoms with Crippen molar-refractivity contribution in [2.75, 3.05) is 53.6 Å². The highest BCUT2D eigenvalue weighted by Gasteiger charge is 2.46. The first kappa shape index (κ1) is 13.8. The van der Waals surface area contributed by atoms with Crippen molar-refractivity contribution < 1.29 is 14.3 Å². The Hall–Kier alpha value is -0.650. The van der Waals surface area contributed by atoms with Crippen LogP contribution in [0.2, 0.25) is 0 Å². The second-order valence-corrected chi connectivity index (χ2v) is 5.64. The Morgan fingerprint density at radius 2 is 2.11 bits per heavy atom. The molecule has 2 heterocycles. The minimum atomic E-state index is -0.430. The molecule has 5 heteroatoms. The van der Waals surface area contributed by atoms with E-state index >= 15 is 0 Å². The van der Waals surface area contributed by atoms with Gasteiger partial charge in [0.2, 0.25) is 0 Å². The topological polar surface area (TPSA) is 50.8 Å². The van der Waals surface area contributed by atoms with Crippen molar-refractivity contribution in [3.63, 3.8) is 0 Å². The van der Waals surface area contributed by atoms with E-state index < -0.39 is 5.41 Å². The largest absolute Gasteiger partial charge is 0.468 e. The number of hydrogen-bond acceptors (Lipinski definition) is 5. The summed E-state index contributed by atoms with van der Waals surface area (Å²) >= 11 is 0. The summed E-state index contributed by atoms with van der Waals surface area (Å²) < 4.78 is 10.0. The van der Waals surface area contributed by atoms with E-state index in [1.54, 1.807) is 0 Å². The predicted molar refractivity (Wildman–Crippen MR) is 68.4 cm³/mol. The van der Waals surface area contributed by atoms with E-state index in [4.69, 9.17) is 9.47 Å². The lowest BCUT2D eigenvalue weighted by Crippen LogP contribution is -2.56. The van der Waals surface area contributed by atoms with Crippen molar-refractivity contribution in [2.24, 2.45) is 11.3 Å². The first-order chi connectivity index (χ1) is 8.66. The first-order valence-corrected chi connectivity index (χ1v) is 6.72. The maximum Gasteiger partial charge on any atom is 0.317 e. The Morgan fingerprint density at radius 1 is 1.44 bits per heavy atom. The molecule has 2 aliphatic heterocycles. The molecule has 2 rings (SSSR count). The summed E-state index contributed by atoms with van der Waals surface area (Å²) in [6.45, 7) is 4.99. The number of rotatable bonds is 5. The molecule has 0 unspecified atom stereocenters. The fourth-order valence-electron chi connectivity index (χ4n) is 2.64. The number of methoxy groups -OCH3 is 1. The zero-order chi connectivity index (χ0) is 13.0. The van der Waals surface area contributed by atoms with Gasteiger partial charge in [-0.1, -0.05) is 0 Å². The van der Waals surface area contributed by atoms with Crippen LogP contribution in [-0.2, 0) is 14.3 Å². The Balaban J connectivity index is 1.69. The predicted octanol–water partition coefficient (Wildman–Crippen LogP) is 0.107. The molecule has 0 saturated carbocycles. The monoisotopic (exact) mass is 256 g/mol. The van der Waals surface area contributed by atoms with Crippen LogP contribution in [0.3, 0.4) is 0 Å². The minimum absolute atomic E-state index is 0.148. The van der Waals surface area contributed by atoms with Crippen LogP contribution in [0.25, 0.3) is 0 Å². The maximum absolute atomic E-state index is 11.7. The van der Waals surface area contributed by atoms with Gasteiger partial charge >= 0.3 is 5.97 Å². The third kappa shape index (κ3) is 3.02. The summed E-state index contributed by atoms with van der Waals surface area (Å²) in [5.74, 6) is 0.585. The van der Waals surface area contributed by atoms with Crippen LogP contribution < -0.4 is 5.32 Å². The third-order valence-corrected chi connectivity index (χ3v) is 4.11. The molecular formula is C13H24N2O3. The summed E-state index contributed by atoms with van der Waals surface area (Å²) in [4.78, 5) is 14.1. The van der Waals surface area contributed by atoms with Crippen molar-refractivity contribution in [3.8, 4) is 0 Å². The zero-order valence-corrected chi connectivity index (χ0v) is 11.4. The third-order valence-electron chi connectivity index (χ3n) is 4.11. The van der Waals surface area contributed by atoms with Crippen molar-refractivity contribution >= 4 is 5.97 Å². The number of nitrogens with zero attached hydrogens (tertiary/aromatic N) is 1. The SMILES string of the molecule is COC(=O)C1(CNCC2CCN(C)CC2)COC1. The summed E-state index contributed by atoms with van der Waals surface area (Å²) in [6, 6.07) is 0. The quantitative estimate of drug-likeness (QED) is 0.707. The van der Waals surface area contributed by atoms with E-state index in [1.165, 1.54) is 33.0 Å². The molecule has 5 nitrogen and oxygen atoms in total. The molecule has 0 radical (unpaired) electrons. The van der Waals surface area contributed by atoms with Gasteiger partial charge in [0.1, 0.15) is 5.41 Å². The first-order valence-electron chi connectivity index (χ1n) is 6.72. The van der Waals surface area contributed by atoms with E-state index in [-0.39, 0.29) is 5.97 Å². The molecule has 0 aromatic rings. The molecule has 2 fully saturated rings. The van der Waals surface area contributed by atoms with Crippen molar-refractivity contribution in [2.45, 2.75) is 12.8 Å². The summed E-state index contributed by atoms with van der Waals surface area (Å²) in [6.07, 6.45) is 2.48. The van der Waals surface area contributed by atoms with E-state index in [2.05, 4.69) is 17.3 Å². The highest BCUT2D eigenvalue weighted by atomic mass is 16.5. The lowest BCUT2D eigenvalue weighted by atomic mass is 9.85. The average Bonchev–Trinajstić information content (AvgIpc) is 2.34. The highest BCUT2D eigenvalue weighted by Crippen LogP contribution is 2.28. The van der Waals surface area contributed by atoms with E-state index in [1.807, 2.05) is 0 Å². The van der Waals surface area contributed by atoms with Crippen LogP contribution in [0.1, 0.15) is 12.8 Å². The molecule has 0 aromatic heterocycles. The number of nitrogens with one attached hydrogen (secondary N) is 1. The Morgan fingerprint density at radius 3 is 2.61 bits per heavy atom. The second kappa shape index (κ2) is 5.99. The van der Waals surface area contributed by atoms with Crippen LogP contribution in [-0.4, -0.2) is 64.4 Å². The molecule has 2 aliphatic rings. The van der Waals surface area contributed by atoms with Crippen LogP contribution in [0.5, 0.6) is 0 Å². The number of hydrogen-bond donors (Lipinski definition) is 1. The summed E-state index contributed by atoms with van der Waals surface area (Å²) in [5, 5.41) is 3.43. The van der Waals surface area contributed by atoms with Gasteiger partial charge in [-0.3, -0.25) is 4.79 Å². The molecule has 0 amide bonds. The smallest absolute Gasteiger partial charge is 0.317 e. The number of likely N-dealkylation sites (tertiary alicyclic amines) is 1. The minimum Gasteiger partial charge on any atom is -0.468 e. The van der Waals surface area contributed by atoms with Crippen LogP contribution >= 0.6 is 0 Å². The molecule has 0 spiro atoms. The molecule has 0 aromatic carbocycles. The second-order valence-electron chi connectivity index (χ2n) is 5.64. The molecule has 18 heavy (non-hydrogen) atoms. The van der Waals surface area contributed by atoms with Crippen molar-refractivity contribution in [1.29, 1.82) is 0 Å². The van der Waals surface area contributed by atoms with E-state index in [0.717, 1.165) is 12.5 Å². The Labute approximate surface area is 109 Å². The van der Waals surface area contributed by atoms with Gasteiger partial charge in [-0.15, -0.1) is 0 Å². The lowest BCUT2D eigenvalue weighted by Gasteiger charge is -2.39. The number of piperidine rings is 1. The van der Waals surface area contributed by atoms with Gasteiger partial charge in [0.25, 0.3) is 0 Å². The standard InChI is InChI=1S/C13H24N2O3/c1-15-5-3-11(4-6-15)7-14-8-13(9-18-10-13)12(16)17-2/h11,14H,3-10H2,1-2H3. The normalized spacial score (nSPS) is 24.6. The number of carbonyl (C=O) groups excluding carboxylic acids is 1. The van der Waals surface area contributed by atoms with Gasteiger partial charge in [-0.25, -0.2) is 0 Å². The molecule has 0 atom stereocenters. The van der Waals surface area contributed by atoms with Gasteiger partial charge in [0.15, 0.2) is 0 Å². The molecule has 104 valence electrons. The van der Waals surface area contributed by atoms with Gasteiger partial charge in [0.05, 0.1) is 20.3 Å². The fraction of sp³-hybridized carbons (Fsp3) is 0.923. The molecule has 2 saturated heterocycles. The summed E-state index contributed by atoms with van der Waals surface area (Å²) in [5.41, 5.74) is -0.430. The number of carbonyl (C=O) groups is 1. The maximum atomic E-state index is 11.7. The molecule has 1 N–H and O–H groups in total. The molecule has 0 aliphatic carbocycles. The van der Waals surface area contributed by atoms with E-state index in [0.29, 0.717) is 19.8 Å². The average molecular weight is 256 g/mol. The van der Waals surface area contributed by atoms with Gasteiger partial charge in [-0.05, 0) is 45.4 Å². The zero-order valence-electron chi connectivity index (χ0n) is 11.4. The van der Waals surface area contributed by atoms with Gasteiger partial charge in [0, 0.05) is 6.54 Å². The van der Waals surface area contributed by atoms with Crippen molar-refractivity contribution in [3.05, 3.63) is 0 Å². The summed E-state index contributed by atoms with van der Waals surface area (Å²) in [7, 11) is 3.61. The fourth-order valence-corrected chi connectivity index (χ4v) is 2.64. The number of ether oxygens (including phenoxy) is 2.